The molecule has 0 radical (unpaired) electrons. The lowest BCUT2D eigenvalue weighted by molar-refractivity contribution is 0.380. The van der Waals surface area contributed by atoms with Crippen molar-refractivity contribution in [2.45, 2.75) is 55.0 Å². The van der Waals surface area contributed by atoms with Crippen molar-refractivity contribution in [2.24, 2.45) is 0 Å². The first kappa shape index (κ1) is 18.5. The van der Waals surface area contributed by atoms with E-state index in [2.05, 4.69) is 37.9 Å². The molecule has 0 unspecified atom stereocenters. The summed E-state index contributed by atoms with van der Waals surface area (Å²) < 4.78 is 7.63. The Morgan fingerprint density at radius 1 is 1.24 bits per heavy atom. The Balaban J connectivity index is 0.00000182. The maximum absolute atomic E-state index is 5.43. The van der Waals surface area contributed by atoms with E-state index in [4.69, 9.17) is 4.52 Å². The summed E-state index contributed by atoms with van der Waals surface area (Å²) in [6, 6.07) is 2.09. The third-order valence-corrected chi connectivity index (χ3v) is 5.67. The Bertz CT molecular complexity index is 706. The molecular formula is C17H24ClN5OS. The summed E-state index contributed by atoms with van der Waals surface area (Å²) in [5.74, 6) is 3.98. The molecule has 0 spiro atoms. The maximum Gasteiger partial charge on any atom is 0.191 e. The largest absolute Gasteiger partial charge is 0.361 e. The predicted octanol–water partition coefficient (Wildman–Crippen LogP) is 3.51. The Labute approximate surface area is 158 Å². The lowest BCUT2D eigenvalue weighted by atomic mass is 9.97. The second kappa shape index (κ2) is 8.38. The standard InChI is InChI=1S/C17H23N5OS.ClH/c1-2-9-22-16(13-5-7-18-8-6-13)19-20-17(22)24-11-14-10-15(23-21-14)12-3-4-12;/h2,10,12-13,18H,1,3-9,11H2;1H. The van der Waals surface area contributed by atoms with Crippen LogP contribution < -0.4 is 5.32 Å². The molecule has 2 aliphatic rings. The number of hydrogen-bond acceptors (Lipinski definition) is 6. The second-order valence-corrected chi connectivity index (χ2v) is 7.49. The minimum Gasteiger partial charge on any atom is -0.361 e. The van der Waals surface area contributed by atoms with Crippen molar-refractivity contribution in [3.05, 3.63) is 36.0 Å². The Morgan fingerprint density at radius 2 is 2.04 bits per heavy atom. The van der Waals surface area contributed by atoms with Gasteiger partial charge in [0.15, 0.2) is 5.16 Å². The molecule has 0 amide bonds. The van der Waals surface area contributed by atoms with Gasteiger partial charge in [-0.2, -0.15) is 0 Å². The van der Waals surface area contributed by atoms with Gasteiger partial charge in [0.05, 0.1) is 5.69 Å². The fourth-order valence-corrected chi connectivity index (χ4v) is 4.02. The summed E-state index contributed by atoms with van der Waals surface area (Å²) in [5, 5.41) is 17.4. The van der Waals surface area contributed by atoms with Gasteiger partial charge in [-0.25, -0.2) is 0 Å². The van der Waals surface area contributed by atoms with Crippen LogP contribution in [-0.4, -0.2) is 33.0 Å². The van der Waals surface area contributed by atoms with Crippen molar-refractivity contribution < 1.29 is 4.52 Å². The van der Waals surface area contributed by atoms with Crippen LogP contribution in [0.5, 0.6) is 0 Å². The highest BCUT2D eigenvalue weighted by molar-refractivity contribution is 7.98. The van der Waals surface area contributed by atoms with Crippen LogP contribution in [0.15, 0.2) is 28.4 Å². The number of halogens is 1. The highest BCUT2D eigenvalue weighted by Crippen LogP contribution is 2.40. The molecule has 1 saturated heterocycles. The maximum atomic E-state index is 5.43. The highest BCUT2D eigenvalue weighted by Gasteiger charge is 2.28. The molecule has 0 bridgehead atoms. The molecule has 1 aliphatic carbocycles. The van der Waals surface area contributed by atoms with Crippen molar-refractivity contribution in [3.63, 3.8) is 0 Å². The van der Waals surface area contributed by atoms with Crippen LogP contribution in [0.2, 0.25) is 0 Å². The number of thioether (sulfide) groups is 1. The Morgan fingerprint density at radius 3 is 2.76 bits per heavy atom. The number of hydrogen-bond donors (Lipinski definition) is 1. The van der Waals surface area contributed by atoms with Gasteiger partial charge in [-0.05, 0) is 38.8 Å². The third kappa shape index (κ3) is 4.27. The predicted molar refractivity (Wildman–Crippen MR) is 100 cm³/mol. The summed E-state index contributed by atoms with van der Waals surface area (Å²) in [5.41, 5.74) is 0.985. The molecule has 1 aliphatic heterocycles. The van der Waals surface area contributed by atoms with Gasteiger partial charge in [0, 0.05) is 30.2 Å². The molecule has 1 saturated carbocycles. The summed E-state index contributed by atoms with van der Waals surface area (Å²) in [6.07, 6.45) is 6.62. The van der Waals surface area contributed by atoms with Gasteiger partial charge in [0.1, 0.15) is 11.6 Å². The third-order valence-electron chi connectivity index (χ3n) is 4.67. The van der Waals surface area contributed by atoms with Gasteiger partial charge in [-0.1, -0.05) is 23.0 Å². The zero-order valence-electron chi connectivity index (χ0n) is 14.2. The summed E-state index contributed by atoms with van der Waals surface area (Å²) in [4.78, 5) is 0. The van der Waals surface area contributed by atoms with Crippen LogP contribution in [-0.2, 0) is 12.3 Å². The van der Waals surface area contributed by atoms with E-state index >= 15 is 0 Å². The normalized spacial score (nSPS) is 18.1. The zero-order chi connectivity index (χ0) is 16.4. The smallest absolute Gasteiger partial charge is 0.191 e. The minimum absolute atomic E-state index is 0. The number of nitrogens with zero attached hydrogens (tertiary/aromatic N) is 4. The quantitative estimate of drug-likeness (QED) is 0.584. The number of aromatic nitrogens is 4. The fraction of sp³-hybridized carbons (Fsp3) is 0.588. The second-order valence-electron chi connectivity index (χ2n) is 6.55. The van der Waals surface area contributed by atoms with Crippen LogP contribution in [0, 0.1) is 0 Å². The molecule has 8 heteroatoms. The summed E-state index contributed by atoms with van der Waals surface area (Å²) >= 11 is 1.67. The van der Waals surface area contributed by atoms with E-state index in [0.717, 1.165) is 60.7 Å². The van der Waals surface area contributed by atoms with Crippen LogP contribution in [0.25, 0.3) is 0 Å². The van der Waals surface area contributed by atoms with Gasteiger partial charge >= 0.3 is 0 Å². The van der Waals surface area contributed by atoms with E-state index in [9.17, 15) is 0 Å². The monoisotopic (exact) mass is 381 g/mol. The van der Waals surface area contributed by atoms with Crippen molar-refractivity contribution in [1.29, 1.82) is 0 Å². The zero-order valence-corrected chi connectivity index (χ0v) is 15.8. The van der Waals surface area contributed by atoms with E-state index in [1.807, 2.05) is 6.08 Å². The van der Waals surface area contributed by atoms with E-state index in [0.29, 0.717) is 11.8 Å². The first-order chi connectivity index (χ1) is 11.8. The number of rotatable bonds is 7. The Kier molecular flexibility index (Phi) is 6.19. The van der Waals surface area contributed by atoms with Gasteiger partial charge in [-0.3, -0.25) is 0 Å². The Hall–Kier alpha value is -1.31. The lowest BCUT2D eigenvalue weighted by Crippen LogP contribution is -2.28. The van der Waals surface area contributed by atoms with Crippen molar-refractivity contribution >= 4 is 24.2 Å². The van der Waals surface area contributed by atoms with Crippen molar-refractivity contribution in [2.75, 3.05) is 13.1 Å². The first-order valence-electron chi connectivity index (χ1n) is 8.68. The van der Waals surface area contributed by atoms with Gasteiger partial charge in [0.2, 0.25) is 0 Å². The number of piperidine rings is 1. The summed E-state index contributed by atoms with van der Waals surface area (Å²) in [7, 11) is 0. The van der Waals surface area contributed by atoms with Crippen LogP contribution in [0.1, 0.15) is 54.8 Å². The van der Waals surface area contributed by atoms with Gasteiger partial charge in [-0.15, -0.1) is 29.2 Å². The topological polar surface area (TPSA) is 68.8 Å². The SMILES string of the molecule is C=CCn1c(SCc2cc(C3CC3)on2)nnc1C1CCNCC1.Cl. The molecule has 2 fully saturated rings. The first-order valence-corrected chi connectivity index (χ1v) is 9.66. The molecule has 0 atom stereocenters. The van der Waals surface area contributed by atoms with Gasteiger partial charge in [0.25, 0.3) is 0 Å². The molecule has 0 aromatic carbocycles. The van der Waals surface area contributed by atoms with Crippen LogP contribution >= 0.6 is 24.2 Å². The van der Waals surface area contributed by atoms with Crippen LogP contribution in [0.4, 0.5) is 0 Å². The molecular weight excluding hydrogens is 358 g/mol. The molecule has 6 nitrogen and oxygen atoms in total. The highest BCUT2D eigenvalue weighted by atomic mass is 35.5. The average molecular weight is 382 g/mol. The molecule has 2 aromatic heterocycles. The molecule has 4 rings (SSSR count). The van der Waals surface area contributed by atoms with E-state index < -0.39 is 0 Å². The molecule has 136 valence electrons. The minimum atomic E-state index is 0. The van der Waals surface area contributed by atoms with E-state index in [1.165, 1.54) is 12.8 Å². The number of allylic oxidation sites excluding steroid dienone is 1. The number of nitrogens with one attached hydrogen (secondary N) is 1. The summed E-state index contributed by atoms with van der Waals surface area (Å²) in [6.45, 7) is 6.74. The molecule has 1 N–H and O–H groups in total. The fourth-order valence-electron chi connectivity index (χ4n) is 3.18. The van der Waals surface area contributed by atoms with Crippen LogP contribution in [0.3, 0.4) is 0 Å². The molecule has 3 heterocycles. The van der Waals surface area contributed by atoms with Gasteiger partial charge < -0.3 is 14.4 Å². The average Bonchev–Trinajstić information content (AvgIpc) is 3.23. The molecule has 25 heavy (non-hydrogen) atoms. The lowest BCUT2D eigenvalue weighted by Gasteiger charge is -2.22. The van der Waals surface area contributed by atoms with E-state index in [-0.39, 0.29) is 12.4 Å². The van der Waals surface area contributed by atoms with Crippen molar-refractivity contribution in [1.82, 2.24) is 25.2 Å². The van der Waals surface area contributed by atoms with Crippen molar-refractivity contribution in [3.8, 4) is 0 Å². The molecule has 2 aromatic rings. The van der Waals surface area contributed by atoms with E-state index in [1.54, 1.807) is 11.8 Å².